The number of fused-ring (bicyclic) bond motifs is 16. The summed E-state index contributed by atoms with van der Waals surface area (Å²) in [6, 6.07) is 58.7. The Morgan fingerprint density at radius 2 is 0.297 bits per heavy atom. The minimum Gasteiger partial charge on any atom is -0.457 e. The van der Waals surface area contributed by atoms with Crippen molar-refractivity contribution in [2.45, 2.75) is 387 Å². The fraction of sp³-hybridized carbons (Fsp3) is 0.517. The number of aryl methyl sites for hydroxylation is 4. The number of benzene rings is 8. The van der Waals surface area contributed by atoms with E-state index < -0.39 is 0 Å². The van der Waals surface area contributed by atoms with E-state index in [-0.39, 0.29) is 0 Å². The summed E-state index contributed by atoms with van der Waals surface area (Å²) in [5.41, 5.74) is 11.2. The van der Waals surface area contributed by atoms with Gasteiger partial charge in [0.2, 0.25) is 0 Å². The van der Waals surface area contributed by atoms with Gasteiger partial charge in [-0.15, -0.1) is 0 Å². The van der Waals surface area contributed by atoms with Gasteiger partial charge in [-0.05, 0) is 195 Å². The van der Waals surface area contributed by atoms with Gasteiger partial charge >= 0.3 is 0 Å². The summed E-state index contributed by atoms with van der Waals surface area (Å²) < 4.78 is 27.4. The Hall–Kier alpha value is -9.68. The quantitative estimate of drug-likeness (QED) is 0.0351. The normalized spacial score (nSPS) is 13.4. The zero-order valence-corrected chi connectivity index (χ0v) is 79.0. The SMILES string of the molecule is CCCCCCCCCCCCCCCc1cccc(Oc2ccc3c(c2)C2=NC3=NC3=NC(=NC4=NC(=NC5=NC(=N2)c2ccc(Oc6cccc(CCCCCCCCCCCCCCC)c6)cc25)c2cc(Oc5cccc(CCCCCCCCCCCCCCC)c5)ccc24)c2cc(Oc4cccc(CCCCCCCCCCCCCCC)c4)ccc23)c1. The largest absolute Gasteiger partial charge is 0.457 e. The highest BCUT2D eigenvalue weighted by Crippen LogP contribution is 2.39. The number of hydrogen-bond donors (Lipinski definition) is 0. The first-order valence-electron chi connectivity index (χ1n) is 51.7. The second-order valence-corrected chi connectivity index (χ2v) is 37.3. The van der Waals surface area contributed by atoms with Crippen LogP contribution >= 0.6 is 0 Å². The summed E-state index contributed by atoms with van der Waals surface area (Å²) in [5, 5.41) is 0. The Kier molecular flexibility index (Phi) is 41.0. The first-order chi connectivity index (χ1) is 63.3. The first kappa shape index (κ1) is 95.9. The molecule has 5 aliphatic heterocycles. The van der Waals surface area contributed by atoms with Gasteiger partial charge in [0.15, 0.2) is 46.7 Å². The van der Waals surface area contributed by atoms with Crippen LogP contribution in [0.1, 0.15) is 428 Å². The maximum Gasteiger partial charge on any atom is 0.164 e. The Balaban J connectivity index is 0.777. The van der Waals surface area contributed by atoms with Gasteiger partial charge in [-0.1, -0.05) is 384 Å². The molecule has 0 amide bonds. The van der Waals surface area contributed by atoms with E-state index in [0.29, 0.717) is 69.7 Å². The topological polar surface area (TPSA) is 136 Å². The highest BCUT2D eigenvalue weighted by molar-refractivity contribution is 6.35. The van der Waals surface area contributed by atoms with Crippen molar-refractivity contribution in [2.75, 3.05) is 0 Å². The van der Waals surface area contributed by atoms with E-state index in [2.05, 4.69) is 100 Å². The number of amidine groups is 8. The van der Waals surface area contributed by atoms with Crippen molar-refractivity contribution in [1.29, 1.82) is 0 Å². The molecule has 5 aliphatic rings. The average Bonchev–Trinajstić information content (AvgIpc) is 1.59. The third-order valence-electron chi connectivity index (χ3n) is 26.4. The fourth-order valence-electron chi connectivity index (χ4n) is 18.8. The fourth-order valence-corrected chi connectivity index (χ4v) is 18.8. The third kappa shape index (κ3) is 31.3. The molecule has 0 N–H and O–H groups in total. The monoisotopic (exact) mass is 1720 g/mol. The van der Waals surface area contributed by atoms with Gasteiger partial charge in [-0.25, -0.2) is 39.9 Å². The van der Waals surface area contributed by atoms with E-state index in [1.807, 2.05) is 97.1 Å². The maximum absolute atomic E-state index is 6.87. The molecule has 0 saturated heterocycles. The summed E-state index contributed by atoms with van der Waals surface area (Å²) >= 11 is 0. The highest BCUT2D eigenvalue weighted by Gasteiger charge is 2.33. The molecule has 0 radical (unpaired) electrons. The summed E-state index contributed by atoms with van der Waals surface area (Å²) in [4.78, 5) is 43.5. The first-order valence-corrected chi connectivity index (χ1v) is 51.7. The van der Waals surface area contributed by atoms with Crippen LogP contribution in [0.15, 0.2) is 210 Å². The van der Waals surface area contributed by atoms with Crippen LogP contribution in [0.4, 0.5) is 0 Å². The van der Waals surface area contributed by atoms with E-state index >= 15 is 0 Å². The summed E-state index contributed by atoms with van der Waals surface area (Å²) in [5.74, 6) is 9.23. The lowest BCUT2D eigenvalue weighted by molar-refractivity contribution is 0.481. The van der Waals surface area contributed by atoms with Crippen LogP contribution in [0.5, 0.6) is 46.0 Å². The molecule has 13 rings (SSSR count). The number of aliphatic imine (C=N–C) groups is 8. The molecule has 0 aliphatic carbocycles. The molecular weight excluding hydrogens is 1570 g/mol. The molecule has 0 fully saturated rings. The zero-order chi connectivity index (χ0) is 88.0. The molecular formula is C116H152N8O4. The van der Waals surface area contributed by atoms with E-state index in [9.17, 15) is 0 Å². The summed E-state index contributed by atoms with van der Waals surface area (Å²) in [6.07, 6.45) is 73.4. The number of nitrogens with zero attached hydrogens (tertiary/aromatic N) is 8. The maximum atomic E-state index is 6.87. The van der Waals surface area contributed by atoms with Gasteiger partial charge < -0.3 is 18.9 Å². The third-order valence-corrected chi connectivity index (χ3v) is 26.4. The Labute approximate surface area is 770 Å². The van der Waals surface area contributed by atoms with Crippen LogP contribution in [0.3, 0.4) is 0 Å². The molecule has 0 saturated carbocycles. The second-order valence-electron chi connectivity index (χ2n) is 37.3. The lowest BCUT2D eigenvalue weighted by Gasteiger charge is -2.11. The number of ether oxygens (including phenoxy) is 4. The van der Waals surface area contributed by atoms with Crippen LogP contribution in [0.25, 0.3) is 0 Å². The van der Waals surface area contributed by atoms with Crippen molar-refractivity contribution < 1.29 is 18.9 Å². The van der Waals surface area contributed by atoms with E-state index in [1.54, 1.807) is 0 Å². The molecule has 5 heterocycles. The lowest BCUT2D eigenvalue weighted by Crippen LogP contribution is -2.03. The van der Waals surface area contributed by atoms with Crippen LogP contribution in [0, 0.1) is 0 Å². The van der Waals surface area contributed by atoms with Gasteiger partial charge in [0.1, 0.15) is 46.0 Å². The molecule has 12 heteroatoms. The molecule has 0 atom stereocenters. The van der Waals surface area contributed by atoms with Gasteiger partial charge in [-0.3, -0.25) is 0 Å². The predicted molar refractivity (Wildman–Crippen MR) is 542 cm³/mol. The highest BCUT2D eigenvalue weighted by atomic mass is 16.5. The number of rotatable bonds is 64. The van der Waals surface area contributed by atoms with E-state index in [0.717, 1.165) is 119 Å². The molecule has 680 valence electrons. The Morgan fingerprint density at radius 1 is 0.148 bits per heavy atom. The second kappa shape index (κ2) is 54.7. The Morgan fingerprint density at radius 3 is 0.469 bits per heavy atom. The van der Waals surface area contributed by atoms with Crippen molar-refractivity contribution >= 4 is 46.7 Å². The van der Waals surface area contributed by atoms with Gasteiger partial charge in [0.05, 0.1) is 0 Å². The molecule has 8 aromatic carbocycles. The van der Waals surface area contributed by atoms with Gasteiger partial charge in [0, 0.05) is 44.5 Å². The number of hydrogen-bond acceptors (Lipinski definition) is 12. The summed E-state index contributed by atoms with van der Waals surface area (Å²) in [6.45, 7) is 9.19. The van der Waals surface area contributed by atoms with Crippen molar-refractivity contribution in [3.63, 3.8) is 0 Å². The molecule has 8 bridgehead atoms. The lowest BCUT2D eigenvalue weighted by atomic mass is 10.0. The smallest absolute Gasteiger partial charge is 0.164 e. The molecule has 0 aromatic heterocycles. The van der Waals surface area contributed by atoms with E-state index in [1.165, 1.54) is 330 Å². The van der Waals surface area contributed by atoms with Crippen LogP contribution in [0.2, 0.25) is 0 Å². The standard InChI is InChI=1S/C116H152N8O4/c1-5-9-13-17-21-25-29-33-37-41-45-49-53-61-89-65-57-69-93(81-89)125-97-73-77-101-105(85-97)113-118-109(101)117-110-102-78-74-98(126-94-70-58-66-90(82-94)62-54-50-46-42-38-34-30-26-22-18-14-10-6-2)86-106(102)114(119-110)121-112-104-80-76-100(128-96-72-60-68-92(84-96)64-56-52-48-44-40-36-32-28-24-20-16-12-8-4)88-108(104)116(123-112)124-115-107-87-99(75-79-103(107)111(120-113)122-115)127-95-71-59-67-91(83-95)63-55-51-47-43-39-35-31-27-23-19-15-11-7-3/h57-60,65-88H,5-56,61-64H2,1-4H3. The van der Waals surface area contributed by atoms with Crippen molar-refractivity contribution in [3.05, 3.63) is 237 Å². The average molecular weight is 1720 g/mol. The minimum absolute atomic E-state index is 0.420. The van der Waals surface area contributed by atoms with Crippen molar-refractivity contribution in [3.8, 4) is 46.0 Å². The summed E-state index contributed by atoms with van der Waals surface area (Å²) in [7, 11) is 0. The van der Waals surface area contributed by atoms with Crippen LogP contribution in [-0.4, -0.2) is 46.7 Å². The molecule has 8 aromatic rings. The molecule has 12 nitrogen and oxygen atoms in total. The number of unbranched alkanes of at least 4 members (excludes halogenated alkanes) is 48. The molecule has 0 spiro atoms. The predicted octanol–water partition coefficient (Wildman–Crippen LogP) is 34.5. The molecule has 0 unspecified atom stereocenters. The van der Waals surface area contributed by atoms with Gasteiger partial charge in [0.25, 0.3) is 0 Å². The van der Waals surface area contributed by atoms with Crippen molar-refractivity contribution in [1.82, 2.24) is 0 Å². The van der Waals surface area contributed by atoms with Crippen LogP contribution in [-0.2, 0) is 25.7 Å². The zero-order valence-electron chi connectivity index (χ0n) is 79.0. The van der Waals surface area contributed by atoms with Crippen LogP contribution < -0.4 is 18.9 Å². The Bertz CT molecular complexity index is 5020. The van der Waals surface area contributed by atoms with Crippen molar-refractivity contribution in [2.24, 2.45) is 39.9 Å². The minimum atomic E-state index is 0.420. The van der Waals surface area contributed by atoms with E-state index in [4.69, 9.17) is 58.9 Å². The molecule has 128 heavy (non-hydrogen) atoms. The van der Waals surface area contributed by atoms with Gasteiger partial charge in [-0.2, -0.15) is 0 Å².